The van der Waals surface area contributed by atoms with Gasteiger partial charge in [-0.2, -0.15) is 0 Å². The monoisotopic (exact) mass is 1370 g/mol. The summed E-state index contributed by atoms with van der Waals surface area (Å²) in [5.41, 5.74) is 4.54. The number of likely N-dealkylation sites (N-methyl/N-ethyl adjacent to an activating group) is 1. The number of nitrogens with one attached hydrogen (secondary N) is 12. The lowest BCUT2D eigenvalue weighted by Crippen LogP contribution is -2.62. The van der Waals surface area contributed by atoms with Gasteiger partial charge in [-0.05, 0) is 101 Å². The van der Waals surface area contributed by atoms with Crippen molar-refractivity contribution in [2.24, 2.45) is 0 Å². The van der Waals surface area contributed by atoms with Crippen LogP contribution >= 0.6 is 0 Å². The van der Waals surface area contributed by atoms with Crippen LogP contribution < -0.4 is 47.9 Å². The summed E-state index contributed by atoms with van der Waals surface area (Å²) >= 11 is 0. The van der Waals surface area contributed by atoms with Crippen LogP contribution in [0, 0.1) is 0 Å². The molecule has 101 heavy (non-hydrogen) atoms. The molecule has 0 unspecified atom stereocenters. The summed E-state index contributed by atoms with van der Waals surface area (Å²) in [5.74, 6) is -7.47. The summed E-state index contributed by atoms with van der Waals surface area (Å²) < 4.78 is 0. The molecule has 0 aliphatic carbocycles. The maximum atomic E-state index is 15.5. The van der Waals surface area contributed by atoms with Crippen molar-refractivity contribution in [1.29, 1.82) is 0 Å². The van der Waals surface area contributed by atoms with Crippen molar-refractivity contribution in [3.05, 3.63) is 198 Å². The molecule has 2 aliphatic heterocycles. The van der Waals surface area contributed by atoms with Gasteiger partial charge in [0.15, 0.2) is 0 Å². The molecule has 5 heterocycles. The number of para-hydroxylation sites is 2. The van der Waals surface area contributed by atoms with Gasteiger partial charge in [-0.15, -0.1) is 0 Å². The molecule has 6 aromatic carbocycles. The fourth-order valence-corrected chi connectivity index (χ4v) is 12.9. The third-order valence-electron chi connectivity index (χ3n) is 18.3. The number of H-pyrrole nitrogens is 3. The maximum Gasteiger partial charge on any atom is 0.246 e. The van der Waals surface area contributed by atoms with Crippen LogP contribution in [0.2, 0.25) is 0 Å². The lowest BCUT2D eigenvalue weighted by molar-refractivity contribution is -0.141. The number of hydrogen-bond donors (Lipinski definition) is 15. The lowest BCUT2D eigenvalue weighted by atomic mass is 9.98. The summed E-state index contributed by atoms with van der Waals surface area (Å²) in [5, 5.41) is 59.4. The molecule has 0 saturated carbocycles. The number of phenolic OH excluding ortho intramolecular Hbond substituents is 2. The Labute approximate surface area is 579 Å². The van der Waals surface area contributed by atoms with Crippen LogP contribution in [-0.4, -0.2) is 173 Å². The van der Waals surface area contributed by atoms with Gasteiger partial charge in [0, 0.05) is 98.4 Å². The normalized spacial score (nSPS) is 16.4. The van der Waals surface area contributed by atoms with Crippen molar-refractivity contribution < 1.29 is 63.3 Å². The van der Waals surface area contributed by atoms with Crippen LogP contribution in [0.3, 0.4) is 0 Å². The fraction of sp³-hybridized carbons (Fsp3) is 0.311. The second kappa shape index (κ2) is 32.7. The van der Waals surface area contributed by atoms with E-state index in [4.69, 9.17) is 0 Å². The van der Waals surface area contributed by atoms with Crippen LogP contribution in [0.1, 0.15) is 66.1 Å². The van der Waals surface area contributed by atoms with E-state index in [0.717, 1.165) is 21.7 Å². The van der Waals surface area contributed by atoms with Crippen molar-refractivity contribution in [3.8, 4) is 11.5 Å². The molecule has 15 N–H and O–H groups in total. The van der Waals surface area contributed by atoms with E-state index in [1.54, 1.807) is 55.7 Å². The molecule has 11 rings (SSSR count). The van der Waals surface area contributed by atoms with Crippen molar-refractivity contribution in [2.75, 3.05) is 19.7 Å². The fourth-order valence-electron chi connectivity index (χ4n) is 12.9. The van der Waals surface area contributed by atoms with Gasteiger partial charge < -0.3 is 83.0 Å². The number of likely N-dealkylation sites (tertiary alicyclic amines) is 1. The average molecular weight is 1370 g/mol. The molecule has 2 aliphatic rings. The molecule has 27 nitrogen and oxygen atoms in total. The summed E-state index contributed by atoms with van der Waals surface area (Å²) in [4.78, 5) is 159. The first-order chi connectivity index (χ1) is 48.9. The highest BCUT2D eigenvalue weighted by molar-refractivity contribution is 6.00. The average Bonchev–Trinajstić information content (AvgIpc) is 1.81. The SMILES string of the molecule is CCNC(=O)[C@@H]1CCCN1C(=O)[C@H](Cc1ccc(O)cc1)NC(=O)[C@H](Cc1c[nH]c2ccccc12)NC(=O)[C@@H](Cc1ccc2ccccc2c1)NC(=O)[C@H](Cc1ccc(O)cc1)NC(=O)[C@H](CO)NC(=O)[C@H](Cc1c[nH]c2ccccc12)NC(=O)[C@H](Cc1c[nH]cn1)NC(=O)[C@@H]1CCC(=O)N1. The number of nitrogens with zero attached hydrogens (tertiary/aromatic N) is 2. The molecule has 9 aromatic rings. The lowest BCUT2D eigenvalue weighted by Gasteiger charge is -2.30. The number of amides is 10. The van der Waals surface area contributed by atoms with Crippen LogP contribution in [0.25, 0.3) is 32.6 Å². The zero-order chi connectivity index (χ0) is 71.1. The Balaban J connectivity index is 0.885. The number of aliphatic hydroxyl groups is 1. The van der Waals surface area contributed by atoms with Crippen LogP contribution in [0.15, 0.2) is 164 Å². The number of carbonyl (C=O) groups excluding carboxylic acids is 10. The minimum absolute atomic E-state index is 0.0291. The van der Waals surface area contributed by atoms with Crippen molar-refractivity contribution >= 4 is 91.7 Å². The first-order valence-corrected chi connectivity index (χ1v) is 33.6. The number of imidazole rings is 1. The molecule has 27 heteroatoms. The van der Waals surface area contributed by atoms with Gasteiger partial charge in [-0.1, -0.05) is 103 Å². The number of carbonyl (C=O) groups is 10. The molecule has 9 atom stereocenters. The largest absolute Gasteiger partial charge is 0.508 e. The van der Waals surface area contributed by atoms with E-state index in [2.05, 4.69) is 67.8 Å². The molecule has 2 fully saturated rings. The highest BCUT2D eigenvalue weighted by Gasteiger charge is 2.40. The van der Waals surface area contributed by atoms with Crippen LogP contribution in [0.4, 0.5) is 0 Å². The number of aliphatic hydroxyl groups excluding tert-OH is 1. The smallest absolute Gasteiger partial charge is 0.246 e. The summed E-state index contributed by atoms with van der Waals surface area (Å²) in [6, 6.07) is 27.1. The summed E-state index contributed by atoms with van der Waals surface area (Å²) in [6.45, 7) is 1.29. The second-order valence-electron chi connectivity index (χ2n) is 25.4. The molecule has 0 spiro atoms. The van der Waals surface area contributed by atoms with E-state index in [1.165, 1.54) is 53.8 Å². The highest BCUT2D eigenvalue weighted by atomic mass is 16.3. The number of aromatic nitrogens is 4. The number of rotatable bonds is 30. The number of fused-ring (bicyclic) bond motifs is 3. The highest BCUT2D eigenvalue weighted by Crippen LogP contribution is 2.25. The third-order valence-corrected chi connectivity index (χ3v) is 18.3. The molecule has 524 valence electrons. The predicted octanol–water partition coefficient (Wildman–Crippen LogP) is 2.48. The Bertz CT molecular complexity index is 4480. The Morgan fingerprint density at radius 2 is 0.990 bits per heavy atom. The van der Waals surface area contributed by atoms with E-state index in [9.17, 15) is 48.9 Å². The number of benzene rings is 6. The third kappa shape index (κ3) is 17.9. The van der Waals surface area contributed by atoms with Crippen molar-refractivity contribution in [2.45, 2.75) is 126 Å². The Hall–Kier alpha value is -11.9. The van der Waals surface area contributed by atoms with Crippen molar-refractivity contribution in [3.63, 3.8) is 0 Å². The first-order valence-electron chi connectivity index (χ1n) is 33.6. The van der Waals surface area contributed by atoms with E-state index in [0.29, 0.717) is 63.8 Å². The van der Waals surface area contributed by atoms with Gasteiger partial charge in [-0.3, -0.25) is 47.9 Å². The van der Waals surface area contributed by atoms with Gasteiger partial charge in [-0.25, -0.2) is 4.98 Å². The second-order valence-corrected chi connectivity index (χ2v) is 25.4. The van der Waals surface area contributed by atoms with Gasteiger partial charge in [0.2, 0.25) is 59.1 Å². The Morgan fingerprint density at radius 1 is 0.515 bits per heavy atom. The van der Waals surface area contributed by atoms with Crippen LogP contribution in [0.5, 0.6) is 11.5 Å². The maximum absolute atomic E-state index is 15.5. The Kier molecular flexibility index (Phi) is 22.8. The molecule has 10 amide bonds. The molecular formula is C74H80N14O13. The molecular weight excluding hydrogens is 1290 g/mol. The summed E-state index contributed by atoms with van der Waals surface area (Å²) in [6.07, 6.45) is 6.43. The first kappa shape index (κ1) is 70.4. The number of phenols is 2. The van der Waals surface area contributed by atoms with Crippen LogP contribution in [-0.2, 0) is 86.5 Å². The van der Waals surface area contributed by atoms with E-state index >= 15 is 14.4 Å². The number of aromatic amines is 3. The van der Waals surface area contributed by atoms with Crippen molar-refractivity contribution in [1.82, 2.24) is 72.7 Å². The topological polar surface area (TPSA) is 403 Å². The molecule has 2 saturated heterocycles. The Morgan fingerprint density at radius 3 is 1.51 bits per heavy atom. The number of aromatic hydroxyl groups is 2. The van der Waals surface area contributed by atoms with Gasteiger partial charge in [0.25, 0.3) is 0 Å². The standard InChI is InChI=1S/C74H80N14O13/c1-2-76-73(100)64-16-9-29-88(64)74(101)62(32-43-20-25-51(91)26-21-43)86-69(96)59(34-47-37-77-54-14-7-5-12-52(47)54)83-68(95)58(33-44-17-22-45-10-3-4-11-46(45)30-44)81-67(94)57(31-42-18-23-50(90)24-19-42)82-72(99)63(40-89)87-70(97)60(35-48-38-78-55-15-8-6-13-53(48)55)84-71(98)61(36-49-39-75-41-79-49)85-66(93)56-27-28-65(92)80-56/h3-8,10-15,17-26,30,37-39,41,56-64,77-78,89-91H,2,9,16,27-29,31-36,40H2,1H3,(H,75,79)(H,76,100)(H,80,92)(H,81,94)(H,82,99)(H,83,95)(H,84,98)(H,85,93)(H,86,96)(H,87,97)/t56-,57-,58+,59-,60-,61-,62-,63-,64-/m0/s1. The molecule has 3 aromatic heterocycles. The number of hydrogen-bond acceptors (Lipinski definition) is 14. The van der Waals surface area contributed by atoms with E-state index in [1.807, 2.05) is 66.7 Å². The zero-order valence-electron chi connectivity index (χ0n) is 55.3. The van der Waals surface area contributed by atoms with Gasteiger partial charge in [0.1, 0.15) is 65.9 Å². The van der Waals surface area contributed by atoms with E-state index < -0.39 is 108 Å². The summed E-state index contributed by atoms with van der Waals surface area (Å²) in [7, 11) is 0. The van der Waals surface area contributed by atoms with E-state index in [-0.39, 0.29) is 81.2 Å². The minimum Gasteiger partial charge on any atom is -0.508 e. The minimum atomic E-state index is -1.81. The van der Waals surface area contributed by atoms with Gasteiger partial charge in [0.05, 0.1) is 18.6 Å². The molecule has 0 bridgehead atoms. The molecule has 0 radical (unpaired) electrons. The quantitative estimate of drug-likeness (QED) is 0.0308. The van der Waals surface area contributed by atoms with Gasteiger partial charge >= 0.3 is 0 Å². The zero-order valence-corrected chi connectivity index (χ0v) is 55.3. The predicted molar refractivity (Wildman–Crippen MR) is 373 cm³/mol.